The zero-order chi connectivity index (χ0) is 27.1. The van der Waals surface area contributed by atoms with Crippen molar-refractivity contribution in [1.82, 2.24) is 30.0 Å². The highest BCUT2D eigenvalue weighted by Gasteiger charge is 2.38. The Balaban J connectivity index is 1.11. The normalized spacial score (nSPS) is 15.9. The number of hydrogen-bond acceptors (Lipinski definition) is 9. The number of nitrogens with zero attached hydrogens (tertiary/aromatic N) is 6. The first-order chi connectivity index (χ1) is 18.8. The molecule has 0 radical (unpaired) electrons. The number of nitrogen functional groups attached to an aromatic ring is 1. The van der Waals surface area contributed by atoms with E-state index in [0.29, 0.717) is 47.4 Å². The summed E-state index contributed by atoms with van der Waals surface area (Å²) in [7, 11) is 0. The highest BCUT2D eigenvalue weighted by Crippen LogP contribution is 2.42. The number of benzene rings is 1. The number of anilines is 3. The molecule has 0 spiro atoms. The van der Waals surface area contributed by atoms with E-state index in [0.717, 1.165) is 24.2 Å². The molecule has 1 saturated heterocycles. The fourth-order valence-electron chi connectivity index (χ4n) is 5.39. The molecule has 4 aromatic rings. The van der Waals surface area contributed by atoms with Gasteiger partial charge in [0.1, 0.15) is 0 Å². The monoisotopic (exact) mass is 543 g/mol. The maximum absolute atomic E-state index is 13.3. The van der Waals surface area contributed by atoms with E-state index in [1.807, 2.05) is 28.5 Å². The molecule has 0 bridgehead atoms. The summed E-state index contributed by atoms with van der Waals surface area (Å²) in [5, 5.41) is 12.4. The molecule has 1 aromatic carbocycles. The molecule has 1 aliphatic carbocycles. The van der Waals surface area contributed by atoms with Crippen LogP contribution in [0.2, 0.25) is 0 Å². The fraction of sp³-hybridized carbons (Fsp3) is 0.333. The molecule has 12 heteroatoms. The maximum atomic E-state index is 13.3. The van der Waals surface area contributed by atoms with E-state index in [4.69, 9.17) is 5.73 Å². The Bertz CT molecular complexity index is 1540. The number of nitrogens with one attached hydrogen (secondary N) is 2. The van der Waals surface area contributed by atoms with Gasteiger partial charge in [0.25, 0.3) is 5.91 Å². The van der Waals surface area contributed by atoms with Gasteiger partial charge in [0.05, 0.1) is 23.5 Å². The van der Waals surface area contributed by atoms with Gasteiger partial charge in [0.2, 0.25) is 11.9 Å². The Morgan fingerprint density at radius 3 is 2.67 bits per heavy atom. The summed E-state index contributed by atoms with van der Waals surface area (Å²) >= 11 is 1.29. The lowest BCUT2D eigenvalue weighted by Crippen LogP contribution is -2.49. The molecule has 2 amide bonds. The van der Waals surface area contributed by atoms with Crippen molar-refractivity contribution < 1.29 is 9.59 Å². The van der Waals surface area contributed by atoms with Crippen LogP contribution in [0.25, 0.3) is 11.4 Å². The SMILES string of the molecule is CC1(C)Cc2cnc(N)nc2-c2[nH]nc(C(=O)Nc3nc(CC(=O)N4CCN(c5ccccc5)CC4)cs3)c21. The molecule has 0 atom stereocenters. The highest BCUT2D eigenvalue weighted by atomic mass is 32.1. The Kier molecular flexibility index (Phi) is 6.26. The summed E-state index contributed by atoms with van der Waals surface area (Å²) in [5.74, 6) is -0.160. The number of H-pyrrole nitrogens is 1. The van der Waals surface area contributed by atoms with E-state index >= 15 is 0 Å². The van der Waals surface area contributed by atoms with Crippen molar-refractivity contribution in [3.05, 3.63) is 64.4 Å². The van der Waals surface area contributed by atoms with Crippen molar-refractivity contribution in [1.29, 1.82) is 0 Å². The van der Waals surface area contributed by atoms with Crippen molar-refractivity contribution >= 4 is 39.9 Å². The van der Waals surface area contributed by atoms with E-state index < -0.39 is 0 Å². The average molecular weight is 544 g/mol. The van der Waals surface area contributed by atoms with E-state index in [2.05, 4.69) is 61.3 Å². The summed E-state index contributed by atoms with van der Waals surface area (Å²) in [6.45, 7) is 7.04. The zero-order valence-corrected chi connectivity index (χ0v) is 22.6. The van der Waals surface area contributed by atoms with E-state index in [-0.39, 0.29) is 29.6 Å². The molecule has 39 heavy (non-hydrogen) atoms. The largest absolute Gasteiger partial charge is 0.368 e. The van der Waals surface area contributed by atoms with Gasteiger partial charge < -0.3 is 15.5 Å². The molecule has 1 aliphatic heterocycles. The fourth-order valence-corrected chi connectivity index (χ4v) is 6.09. The summed E-state index contributed by atoms with van der Waals surface area (Å²) in [5.41, 5.74) is 10.6. The van der Waals surface area contributed by atoms with Gasteiger partial charge in [-0.25, -0.2) is 15.0 Å². The number of nitrogens with two attached hydrogens (primary N) is 1. The third-order valence-electron chi connectivity index (χ3n) is 7.27. The number of fused-ring (bicyclic) bond motifs is 3. The molecule has 2 aliphatic rings. The number of thiazole rings is 1. The van der Waals surface area contributed by atoms with Crippen LogP contribution in [0.1, 0.15) is 41.2 Å². The highest BCUT2D eigenvalue weighted by molar-refractivity contribution is 7.14. The number of rotatable bonds is 5. The lowest BCUT2D eigenvalue weighted by atomic mass is 9.73. The first-order valence-electron chi connectivity index (χ1n) is 12.8. The van der Waals surface area contributed by atoms with E-state index in [9.17, 15) is 9.59 Å². The minimum atomic E-state index is -0.369. The summed E-state index contributed by atoms with van der Waals surface area (Å²) in [6, 6.07) is 10.2. The third kappa shape index (κ3) is 4.83. The number of piperazine rings is 1. The van der Waals surface area contributed by atoms with Crippen molar-refractivity contribution in [2.75, 3.05) is 42.1 Å². The Labute approximate surface area is 229 Å². The van der Waals surface area contributed by atoms with Crippen molar-refractivity contribution in [3.63, 3.8) is 0 Å². The second-order valence-corrected chi connectivity index (χ2v) is 11.3. The first-order valence-corrected chi connectivity index (χ1v) is 13.7. The number of aromatic amines is 1. The van der Waals surface area contributed by atoms with Crippen LogP contribution in [0, 0.1) is 0 Å². The second-order valence-electron chi connectivity index (χ2n) is 10.5. The molecule has 11 nitrogen and oxygen atoms in total. The average Bonchev–Trinajstić information content (AvgIpc) is 3.58. The van der Waals surface area contributed by atoms with Crippen LogP contribution >= 0.6 is 11.3 Å². The first kappa shape index (κ1) is 25.0. The van der Waals surface area contributed by atoms with Gasteiger partial charge in [-0.3, -0.25) is 20.0 Å². The number of aromatic nitrogens is 5. The molecular weight excluding hydrogens is 514 g/mol. The van der Waals surface area contributed by atoms with Crippen molar-refractivity contribution in [2.24, 2.45) is 0 Å². The Morgan fingerprint density at radius 2 is 1.90 bits per heavy atom. The molecule has 6 rings (SSSR count). The van der Waals surface area contributed by atoms with Crippen LogP contribution in [0.15, 0.2) is 41.9 Å². The van der Waals surface area contributed by atoms with Crippen molar-refractivity contribution in [2.45, 2.75) is 32.1 Å². The number of hydrogen-bond donors (Lipinski definition) is 3. The summed E-state index contributed by atoms with van der Waals surface area (Å²) in [6.07, 6.45) is 2.57. The van der Waals surface area contributed by atoms with E-state index in [1.165, 1.54) is 17.0 Å². The van der Waals surface area contributed by atoms with Gasteiger partial charge in [-0.2, -0.15) is 5.10 Å². The predicted molar refractivity (Wildman–Crippen MR) is 150 cm³/mol. The van der Waals surface area contributed by atoms with Crippen LogP contribution in [0.4, 0.5) is 16.8 Å². The molecule has 0 unspecified atom stereocenters. The summed E-state index contributed by atoms with van der Waals surface area (Å²) in [4.78, 5) is 43.4. The minimum absolute atomic E-state index is 0.0361. The molecule has 4 N–H and O–H groups in total. The van der Waals surface area contributed by atoms with E-state index in [1.54, 1.807) is 6.20 Å². The van der Waals surface area contributed by atoms with Gasteiger partial charge in [0.15, 0.2) is 10.8 Å². The van der Waals surface area contributed by atoms with Gasteiger partial charge in [-0.1, -0.05) is 32.0 Å². The number of amides is 2. The summed E-state index contributed by atoms with van der Waals surface area (Å²) < 4.78 is 0. The lowest BCUT2D eigenvalue weighted by Gasteiger charge is -2.36. The predicted octanol–water partition coefficient (Wildman–Crippen LogP) is 2.88. The second kappa shape index (κ2) is 9.77. The molecule has 0 saturated carbocycles. The molecule has 200 valence electrons. The van der Waals surface area contributed by atoms with Crippen LogP contribution in [0.3, 0.4) is 0 Å². The Hall–Kier alpha value is -4.32. The Morgan fingerprint density at radius 1 is 1.13 bits per heavy atom. The molecule has 1 fully saturated rings. The van der Waals surface area contributed by atoms with Gasteiger partial charge in [0, 0.05) is 49.0 Å². The van der Waals surface area contributed by atoms with Crippen LogP contribution in [-0.2, 0) is 23.1 Å². The van der Waals surface area contributed by atoms with Gasteiger partial charge in [-0.15, -0.1) is 11.3 Å². The standard InChI is InChI=1S/C27H29N9O2S/c1-27(2)13-16-14-29-25(28)31-21(16)22-20(27)23(34-33-22)24(38)32-26-30-17(15-39-26)12-19(37)36-10-8-35(9-11-36)18-6-4-3-5-7-18/h3-7,14-15H,8-13H2,1-2H3,(H,33,34)(H2,28,29,31)(H,30,32,38). The number of carbonyl (C=O) groups is 2. The van der Waals surface area contributed by atoms with Crippen LogP contribution in [-0.4, -0.2) is 68.0 Å². The van der Waals surface area contributed by atoms with Gasteiger partial charge in [-0.05, 0) is 29.5 Å². The lowest BCUT2D eigenvalue weighted by molar-refractivity contribution is -0.130. The van der Waals surface area contributed by atoms with Crippen LogP contribution < -0.4 is 16.0 Å². The minimum Gasteiger partial charge on any atom is -0.368 e. The van der Waals surface area contributed by atoms with Gasteiger partial charge >= 0.3 is 0 Å². The van der Waals surface area contributed by atoms with Crippen LogP contribution in [0.5, 0.6) is 0 Å². The molecular formula is C27H29N9O2S. The molecule has 3 aromatic heterocycles. The molecule has 4 heterocycles. The topological polar surface area (TPSA) is 146 Å². The number of para-hydroxylation sites is 1. The van der Waals surface area contributed by atoms with Crippen molar-refractivity contribution in [3.8, 4) is 11.4 Å². The zero-order valence-electron chi connectivity index (χ0n) is 21.8. The smallest absolute Gasteiger partial charge is 0.278 e. The maximum Gasteiger partial charge on any atom is 0.278 e. The third-order valence-corrected chi connectivity index (χ3v) is 8.08. The number of carbonyl (C=O) groups excluding carboxylic acids is 2. The quantitative estimate of drug-likeness (QED) is 0.348.